The van der Waals surface area contributed by atoms with E-state index in [0.717, 1.165) is 0 Å². The van der Waals surface area contributed by atoms with Crippen LogP contribution in [0, 0.1) is 0 Å². The topological polar surface area (TPSA) is 94.6 Å². The van der Waals surface area contributed by atoms with Crippen molar-refractivity contribution in [3.8, 4) is 0 Å². The first-order valence-electron chi connectivity index (χ1n) is 8.86. The van der Waals surface area contributed by atoms with Crippen LogP contribution < -0.4 is 0 Å². The van der Waals surface area contributed by atoms with Crippen molar-refractivity contribution in [3.63, 3.8) is 0 Å². The molecule has 1 saturated heterocycles. The van der Waals surface area contributed by atoms with E-state index in [-0.39, 0.29) is 19.7 Å². The third-order valence-corrected chi connectivity index (χ3v) is 3.65. The number of hydrogen-bond donors (Lipinski definition) is 0. The Hall–Kier alpha value is -2.03. The molecular formula is C18H32N2O7. The van der Waals surface area contributed by atoms with Gasteiger partial charge in [-0.3, -0.25) is 0 Å². The van der Waals surface area contributed by atoms with Gasteiger partial charge < -0.3 is 28.7 Å². The van der Waals surface area contributed by atoms with Crippen molar-refractivity contribution in [1.82, 2.24) is 9.80 Å². The molecule has 9 nitrogen and oxygen atoms in total. The maximum Gasteiger partial charge on any atom is 0.410 e. The van der Waals surface area contributed by atoms with Gasteiger partial charge in [0.2, 0.25) is 0 Å². The van der Waals surface area contributed by atoms with Crippen molar-refractivity contribution in [2.75, 3.05) is 33.9 Å². The zero-order valence-corrected chi connectivity index (χ0v) is 17.5. The largest absolute Gasteiger partial charge is 0.467 e. The van der Waals surface area contributed by atoms with Gasteiger partial charge in [-0.1, -0.05) is 0 Å². The van der Waals surface area contributed by atoms with E-state index in [0.29, 0.717) is 0 Å². The molecule has 2 atom stereocenters. The molecule has 156 valence electrons. The smallest absolute Gasteiger partial charge is 0.410 e. The summed E-state index contributed by atoms with van der Waals surface area (Å²) < 4.78 is 21.1. The fourth-order valence-corrected chi connectivity index (χ4v) is 2.33. The van der Waals surface area contributed by atoms with Crippen LogP contribution in [0.3, 0.4) is 0 Å². The third-order valence-electron chi connectivity index (χ3n) is 3.65. The molecule has 0 radical (unpaired) electrons. The van der Waals surface area contributed by atoms with Gasteiger partial charge in [-0.2, -0.15) is 0 Å². The lowest BCUT2D eigenvalue weighted by molar-refractivity contribution is -0.154. The number of ether oxygens (including phenoxy) is 4. The van der Waals surface area contributed by atoms with Crippen LogP contribution in [0.5, 0.6) is 0 Å². The second-order valence-corrected chi connectivity index (χ2v) is 8.48. The molecular weight excluding hydrogens is 356 g/mol. The Morgan fingerprint density at radius 1 is 1.00 bits per heavy atom. The summed E-state index contributed by atoms with van der Waals surface area (Å²) in [4.78, 5) is 39.6. The molecule has 27 heavy (non-hydrogen) atoms. The van der Waals surface area contributed by atoms with Gasteiger partial charge in [-0.15, -0.1) is 0 Å². The van der Waals surface area contributed by atoms with E-state index < -0.39 is 41.5 Å². The molecule has 1 aliphatic rings. The van der Waals surface area contributed by atoms with Gasteiger partial charge in [0.25, 0.3) is 0 Å². The minimum Gasteiger partial charge on any atom is -0.467 e. The van der Waals surface area contributed by atoms with E-state index >= 15 is 0 Å². The lowest BCUT2D eigenvalue weighted by Crippen LogP contribution is -2.49. The Bertz CT molecular complexity index is 551. The second-order valence-electron chi connectivity index (χ2n) is 8.48. The first-order chi connectivity index (χ1) is 12.2. The zero-order chi connectivity index (χ0) is 21.0. The number of methoxy groups -OCH3 is 1. The number of nitrogens with zero attached hydrogens (tertiary/aromatic N) is 2. The molecule has 0 spiro atoms. The quantitative estimate of drug-likeness (QED) is 0.528. The zero-order valence-electron chi connectivity index (χ0n) is 17.5. The van der Waals surface area contributed by atoms with Gasteiger partial charge in [0.1, 0.15) is 11.2 Å². The highest BCUT2D eigenvalue weighted by Crippen LogP contribution is 2.18. The van der Waals surface area contributed by atoms with E-state index in [9.17, 15) is 14.4 Å². The van der Waals surface area contributed by atoms with Crippen molar-refractivity contribution in [1.29, 1.82) is 0 Å². The van der Waals surface area contributed by atoms with Crippen LogP contribution >= 0.6 is 0 Å². The Labute approximate surface area is 160 Å². The number of likely N-dealkylation sites (N-methyl/N-ethyl adjacent to an activating group) is 1. The fourth-order valence-electron chi connectivity index (χ4n) is 2.33. The average molecular weight is 388 g/mol. The van der Waals surface area contributed by atoms with Crippen molar-refractivity contribution in [2.45, 2.75) is 64.9 Å². The predicted molar refractivity (Wildman–Crippen MR) is 97.3 cm³/mol. The van der Waals surface area contributed by atoms with Crippen LogP contribution in [0.15, 0.2) is 0 Å². The Balaban J connectivity index is 2.98. The molecule has 0 aromatic heterocycles. The number of esters is 1. The summed E-state index contributed by atoms with van der Waals surface area (Å²) in [6, 6.07) is -0.512. The van der Waals surface area contributed by atoms with Crippen molar-refractivity contribution >= 4 is 18.2 Å². The molecule has 1 unspecified atom stereocenters. The number of carbonyl (C=O) groups excluding carboxylic acids is 3. The highest BCUT2D eigenvalue weighted by Gasteiger charge is 2.37. The van der Waals surface area contributed by atoms with Gasteiger partial charge in [-0.25, -0.2) is 14.4 Å². The molecule has 1 fully saturated rings. The standard InChI is InChI=1S/C18H32N2O7/c1-17(2,3)26-15(22)19(7)12-9-20(16(23)27-18(4,5)6)10-13(25-11-12)14(21)24-8/h12-13H,9-11H2,1-8H3/t12?,13-/m0/s1. The van der Waals surface area contributed by atoms with Crippen LogP contribution in [-0.2, 0) is 23.7 Å². The van der Waals surface area contributed by atoms with Gasteiger partial charge in [-0.05, 0) is 41.5 Å². The highest BCUT2D eigenvalue weighted by atomic mass is 16.6. The number of amides is 2. The highest BCUT2D eigenvalue weighted by molar-refractivity contribution is 5.76. The summed E-state index contributed by atoms with van der Waals surface area (Å²) in [6.45, 7) is 10.7. The molecule has 0 bridgehead atoms. The first-order valence-corrected chi connectivity index (χ1v) is 8.86. The monoisotopic (exact) mass is 388 g/mol. The fraction of sp³-hybridized carbons (Fsp3) is 0.833. The number of carbonyl (C=O) groups is 3. The minimum atomic E-state index is -0.959. The Morgan fingerprint density at radius 2 is 1.56 bits per heavy atom. The van der Waals surface area contributed by atoms with Crippen LogP contribution in [0.2, 0.25) is 0 Å². The lowest BCUT2D eigenvalue weighted by Gasteiger charge is -2.32. The van der Waals surface area contributed by atoms with E-state index in [4.69, 9.17) is 18.9 Å². The van der Waals surface area contributed by atoms with Gasteiger partial charge in [0.15, 0.2) is 6.10 Å². The summed E-state index contributed by atoms with van der Waals surface area (Å²) in [5, 5.41) is 0. The molecule has 0 aromatic rings. The maximum atomic E-state index is 12.6. The predicted octanol–water partition coefficient (Wildman–Crippen LogP) is 2.03. The Morgan fingerprint density at radius 3 is 2.04 bits per heavy atom. The normalized spacial score (nSPS) is 21.1. The van der Waals surface area contributed by atoms with Crippen LogP contribution in [0.1, 0.15) is 41.5 Å². The van der Waals surface area contributed by atoms with E-state index in [1.165, 1.54) is 16.9 Å². The van der Waals surface area contributed by atoms with Crippen LogP contribution in [0.4, 0.5) is 9.59 Å². The van der Waals surface area contributed by atoms with Crippen molar-refractivity contribution in [2.24, 2.45) is 0 Å². The van der Waals surface area contributed by atoms with Crippen LogP contribution in [0.25, 0.3) is 0 Å². The number of hydrogen-bond acceptors (Lipinski definition) is 7. The van der Waals surface area contributed by atoms with Crippen molar-refractivity contribution in [3.05, 3.63) is 0 Å². The lowest BCUT2D eigenvalue weighted by atomic mass is 10.2. The Kier molecular flexibility index (Phi) is 7.48. The van der Waals surface area contributed by atoms with Gasteiger partial charge in [0, 0.05) is 13.6 Å². The summed E-state index contributed by atoms with van der Waals surface area (Å²) in [5.74, 6) is -0.593. The molecule has 1 aliphatic heterocycles. The molecule has 2 amide bonds. The summed E-state index contributed by atoms with van der Waals surface area (Å²) in [6.07, 6.45) is -2.10. The molecule has 9 heteroatoms. The molecule has 1 rings (SSSR count). The molecule has 0 saturated carbocycles. The maximum absolute atomic E-state index is 12.6. The SMILES string of the molecule is COC(=O)[C@@H]1CN(C(=O)OC(C)(C)C)CC(N(C)C(=O)OC(C)(C)C)CO1. The summed E-state index contributed by atoms with van der Waals surface area (Å²) in [5.41, 5.74) is -1.35. The summed E-state index contributed by atoms with van der Waals surface area (Å²) in [7, 11) is 2.81. The minimum absolute atomic E-state index is 0.0275. The molecule has 0 aromatic carbocycles. The number of rotatable bonds is 2. The molecule has 1 heterocycles. The average Bonchev–Trinajstić information content (AvgIpc) is 2.73. The van der Waals surface area contributed by atoms with Gasteiger partial charge in [0.05, 0.1) is 26.3 Å². The van der Waals surface area contributed by atoms with Crippen molar-refractivity contribution < 1.29 is 33.3 Å². The second kappa shape index (κ2) is 8.77. The van der Waals surface area contributed by atoms with E-state index in [2.05, 4.69) is 0 Å². The van der Waals surface area contributed by atoms with E-state index in [1.54, 1.807) is 48.6 Å². The molecule has 0 N–H and O–H groups in total. The van der Waals surface area contributed by atoms with Crippen LogP contribution in [-0.4, -0.2) is 85.2 Å². The molecule has 0 aliphatic carbocycles. The van der Waals surface area contributed by atoms with E-state index in [1.807, 2.05) is 0 Å². The summed E-state index contributed by atoms with van der Waals surface area (Å²) >= 11 is 0. The first kappa shape index (κ1) is 23.0. The third kappa shape index (κ3) is 7.62. The van der Waals surface area contributed by atoms with Gasteiger partial charge >= 0.3 is 18.2 Å².